The lowest BCUT2D eigenvalue weighted by Gasteiger charge is -2.34. The number of hydrogen-bond donors (Lipinski definition) is 0. The number of thiophene rings is 1. The van der Waals surface area contributed by atoms with Crippen LogP contribution >= 0.6 is 23.1 Å². The molecular formula is C18H19N3O2S2. The standard InChI is InChI=1S/C18H19N3O2S2/c22-17(13-25-18-19-15-3-1-2-4-16(15)23-18)21-8-6-20(7-9-21)11-14-5-10-24-12-14/h1-5,10,12H,6-9,11,13H2. The van der Waals surface area contributed by atoms with E-state index in [0.29, 0.717) is 11.0 Å². The Hall–Kier alpha value is -1.83. The summed E-state index contributed by atoms with van der Waals surface area (Å²) < 4.78 is 5.66. The molecule has 2 aromatic heterocycles. The molecule has 1 fully saturated rings. The van der Waals surface area contributed by atoms with Crippen molar-refractivity contribution in [1.29, 1.82) is 0 Å². The molecular weight excluding hydrogens is 354 g/mol. The Kier molecular flexibility index (Phi) is 5.05. The highest BCUT2D eigenvalue weighted by atomic mass is 32.2. The van der Waals surface area contributed by atoms with Gasteiger partial charge in [-0.3, -0.25) is 9.69 Å². The Morgan fingerprint density at radius 3 is 2.80 bits per heavy atom. The van der Waals surface area contributed by atoms with Crippen LogP contribution in [0.15, 0.2) is 50.7 Å². The van der Waals surface area contributed by atoms with Crippen molar-refractivity contribution in [2.75, 3.05) is 31.9 Å². The van der Waals surface area contributed by atoms with Crippen LogP contribution in [-0.4, -0.2) is 52.6 Å². The SMILES string of the molecule is O=C(CSc1nc2ccccc2o1)N1CCN(Cc2ccsc2)CC1. The van der Waals surface area contributed by atoms with Crippen molar-refractivity contribution in [3.8, 4) is 0 Å². The summed E-state index contributed by atoms with van der Waals surface area (Å²) in [5.41, 5.74) is 2.95. The number of oxazole rings is 1. The van der Waals surface area contributed by atoms with Crippen LogP contribution in [0.4, 0.5) is 0 Å². The fraction of sp³-hybridized carbons (Fsp3) is 0.333. The third-order valence-corrected chi connectivity index (χ3v) is 5.85. The van der Waals surface area contributed by atoms with Crippen LogP contribution in [0, 0.1) is 0 Å². The van der Waals surface area contributed by atoms with Crippen LogP contribution < -0.4 is 0 Å². The van der Waals surface area contributed by atoms with E-state index in [-0.39, 0.29) is 5.91 Å². The quantitative estimate of drug-likeness (QED) is 0.642. The van der Waals surface area contributed by atoms with Gasteiger partial charge in [0, 0.05) is 32.7 Å². The van der Waals surface area contributed by atoms with E-state index in [9.17, 15) is 4.79 Å². The van der Waals surface area contributed by atoms with E-state index in [4.69, 9.17) is 4.42 Å². The molecule has 1 aliphatic heterocycles. The molecule has 0 bridgehead atoms. The van der Waals surface area contributed by atoms with E-state index in [1.54, 1.807) is 11.3 Å². The minimum Gasteiger partial charge on any atom is -0.431 e. The number of carbonyl (C=O) groups excluding carboxylic acids is 1. The maximum absolute atomic E-state index is 12.4. The summed E-state index contributed by atoms with van der Waals surface area (Å²) in [6, 6.07) is 9.82. The first kappa shape index (κ1) is 16.6. The first-order chi connectivity index (χ1) is 12.3. The zero-order chi connectivity index (χ0) is 17.1. The number of benzene rings is 1. The van der Waals surface area contributed by atoms with E-state index in [1.807, 2.05) is 29.2 Å². The predicted octanol–water partition coefficient (Wildman–Crippen LogP) is 3.33. The van der Waals surface area contributed by atoms with Crippen molar-refractivity contribution in [3.05, 3.63) is 46.7 Å². The Balaban J connectivity index is 1.26. The second kappa shape index (κ2) is 7.59. The molecule has 4 rings (SSSR count). The Bertz CT molecular complexity index is 806. The van der Waals surface area contributed by atoms with Gasteiger partial charge in [0.15, 0.2) is 5.58 Å². The number of aromatic nitrogens is 1. The van der Waals surface area contributed by atoms with E-state index in [1.165, 1.54) is 17.3 Å². The Morgan fingerprint density at radius 1 is 1.20 bits per heavy atom. The summed E-state index contributed by atoms with van der Waals surface area (Å²) in [5, 5.41) is 4.86. The average Bonchev–Trinajstić information content (AvgIpc) is 3.29. The molecule has 1 amide bonds. The van der Waals surface area contributed by atoms with Crippen LogP contribution in [0.25, 0.3) is 11.1 Å². The summed E-state index contributed by atoms with van der Waals surface area (Å²) in [6.07, 6.45) is 0. The maximum Gasteiger partial charge on any atom is 0.257 e. The molecule has 1 aliphatic rings. The van der Waals surface area contributed by atoms with E-state index >= 15 is 0 Å². The fourth-order valence-corrected chi connectivity index (χ4v) is 4.32. The zero-order valence-electron chi connectivity index (χ0n) is 13.8. The summed E-state index contributed by atoms with van der Waals surface area (Å²) in [5.74, 6) is 0.527. The van der Waals surface area contributed by atoms with Crippen molar-refractivity contribution in [3.63, 3.8) is 0 Å². The van der Waals surface area contributed by atoms with Gasteiger partial charge in [-0.2, -0.15) is 11.3 Å². The van der Waals surface area contributed by atoms with Gasteiger partial charge < -0.3 is 9.32 Å². The number of fused-ring (bicyclic) bond motifs is 1. The van der Waals surface area contributed by atoms with Gasteiger partial charge in [0.2, 0.25) is 5.91 Å². The number of nitrogens with zero attached hydrogens (tertiary/aromatic N) is 3. The third kappa shape index (κ3) is 4.05. The lowest BCUT2D eigenvalue weighted by atomic mass is 10.2. The largest absolute Gasteiger partial charge is 0.431 e. The second-order valence-corrected chi connectivity index (χ2v) is 7.73. The van der Waals surface area contributed by atoms with Gasteiger partial charge in [0.05, 0.1) is 5.75 Å². The van der Waals surface area contributed by atoms with Crippen molar-refractivity contribution < 1.29 is 9.21 Å². The Morgan fingerprint density at radius 2 is 2.04 bits per heavy atom. The zero-order valence-corrected chi connectivity index (χ0v) is 15.4. The van der Waals surface area contributed by atoms with Crippen LogP contribution in [0.5, 0.6) is 0 Å². The minimum absolute atomic E-state index is 0.155. The molecule has 0 atom stereocenters. The monoisotopic (exact) mass is 373 g/mol. The minimum atomic E-state index is 0.155. The van der Waals surface area contributed by atoms with Gasteiger partial charge in [-0.05, 0) is 34.5 Å². The lowest BCUT2D eigenvalue weighted by molar-refractivity contribution is -0.130. The summed E-state index contributed by atoms with van der Waals surface area (Å²) >= 11 is 3.10. The van der Waals surface area contributed by atoms with Gasteiger partial charge in [0.25, 0.3) is 5.22 Å². The number of piperazine rings is 1. The van der Waals surface area contributed by atoms with Gasteiger partial charge in [-0.15, -0.1) is 0 Å². The lowest BCUT2D eigenvalue weighted by Crippen LogP contribution is -2.48. The molecule has 0 spiro atoms. The molecule has 0 saturated carbocycles. The number of carbonyl (C=O) groups is 1. The van der Waals surface area contributed by atoms with Crippen molar-refractivity contribution in [2.24, 2.45) is 0 Å². The molecule has 25 heavy (non-hydrogen) atoms. The maximum atomic E-state index is 12.4. The van der Waals surface area contributed by atoms with Crippen LogP contribution in [0.3, 0.4) is 0 Å². The fourth-order valence-electron chi connectivity index (χ4n) is 2.92. The van der Waals surface area contributed by atoms with Gasteiger partial charge in [-0.25, -0.2) is 4.98 Å². The smallest absolute Gasteiger partial charge is 0.257 e. The first-order valence-electron chi connectivity index (χ1n) is 8.27. The van der Waals surface area contributed by atoms with Gasteiger partial charge in [0.1, 0.15) is 5.52 Å². The van der Waals surface area contributed by atoms with E-state index in [0.717, 1.165) is 43.8 Å². The van der Waals surface area contributed by atoms with Crippen LogP contribution in [0.1, 0.15) is 5.56 Å². The molecule has 1 aromatic carbocycles. The van der Waals surface area contributed by atoms with Crippen molar-refractivity contribution >= 4 is 40.1 Å². The number of thioether (sulfide) groups is 1. The molecule has 3 aromatic rings. The van der Waals surface area contributed by atoms with Crippen LogP contribution in [-0.2, 0) is 11.3 Å². The van der Waals surface area contributed by atoms with Crippen LogP contribution in [0.2, 0.25) is 0 Å². The van der Waals surface area contributed by atoms with Crippen molar-refractivity contribution in [1.82, 2.24) is 14.8 Å². The van der Waals surface area contributed by atoms with Crippen molar-refractivity contribution in [2.45, 2.75) is 11.8 Å². The molecule has 0 radical (unpaired) electrons. The summed E-state index contributed by atoms with van der Waals surface area (Å²) in [7, 11) is 0. The number of amides is 1. The van der Waals surface area contributed by atoms with Gasteiger partial charge >= 0.3 is 0 Å². The highest BCUT2D eigenvalue weighted by molar-refractivity contribution is 7.99. The second-order valence-electron chi connectivity index (χ2n) is 6.02. The molecule has 5 nitrogen and oxygen atoms in total. The third-order valence-electron chi connectivity index (χ3n) is 4.30. The molecule has 130 valence electrons. The molecule has 0 unspecified atom stereocenters. The molecule has 0 N–H and O–H groups in total. The molecule has 3 heterocycles. The number of para-hydroxylation sites is 2. The first-order valence-corrected chi connectivity index (χ1v) is 10.2. The highest BCUT2D eigenvalue weighted by Gasteiger charge is 2.21. The topological polar surface area (TPSA) is 49.6 Å². The molecule has 7 heteroatoms. The van der Waals surface area contributed by atoms with E-state index in [2.05, 4.69) is 26.7 Å². The molecule has 1 saturated heterocycles. The average molecular weight is 374 g/mol. The number of hydrogen-bond acceptors (Lipinski definition) is 6. The predicted molar refractivity (Wildman–Crippen MR) is 101 cm³/mol. The van der Waals surface area contributed by atoms with Gasteiger partial charge in [-0.1, -0.05) is 23.9 Å². The summed E-state index contributed by atoms with van der Waals surface area (Å²) in [6.45, 7) is 4.40. The Labute approximate surface area is 154 Å². The number of rotatable bonds is 5. The molecule has 0 aliphatic carbocycles. The normalized spacial score (nSPS) is 15.8. The summed E-state index contributed by atoms with van der Waals surface area (Å²) in [4.78, 5) is 21.2. The highest BCUT2D eigenvalue weighted by Crippen LogP contribution is 2.23. The van der Waals surface area contributed by atoms with E-state index < -0.39 is 0 Å².